The molecule has 3 rings (SSSR count). The molecule has 2 aliphatic rings. The van der Waals surface area contributed by atoms with Gasteiger partial charge in [0.25, 0.3) is 5.91 Å². The van der Waals surface area contributed by atoms with Gasteiger partial charge in [-0.25, -0.2) is 4.98 Å². The van der Waals surface area contributed by atoms with Gasteiger partial charge >= 0.3 is 0 Å². The fraction of sp³-hybridized carbons (Fsp3) is 0.500. The molecule has 1 aromatic heterocycles. The molecule has 2 saturated heterocycles. The lowest BCUT2D eigenvalue weighted by Crippen LogP contribution is -2.52. The molecular weight excluding hydrogens is 326 g/mol. The van der Waals surface area contributed by atoms with Crippen molar-refractivity contribution in [3.05, 3.63) is 18.0 Å². The van der Waals surface area contributed by atoms with Crippen LogP contribution in [0, 0.1) is 0 Å². The van der Waals surface area contributed by atoms with Gasteiger partial charge in [-0.3, -0.25) is 19.7 Å². The third kappa shape index (κ3) is 3.87. The first-order chi connectivity index (χ1) is 12.1. The van der Waals surface area contributed by atoms with Crippen molar-refractivity contribution in [3.63, 3.8) is 0 Å². The van der Waals surface area contributed by atoms with Crippen LogP contribution in [0.1, 0.15) is 23.3 Å². The number of aromatic nitrogens is 1. The molecule has 1 atom stereocenters. The molecular formula is C16H21N5O4. The Hall–Kier alpha value is -2.68. The van der Waals surface area contributed by atoms with Crippen LogP contribution >= 0.6 is 0 Å². The first-order valence-corrected chi connectivity index (χ1v) is 8.22. The molecule has 0 aliphatic carbocycles. The molecule has 9 nitrogen and oxygen atoms in total. The molecule has 3 N–H and O–H groups in total. The van der Waals surface area contributed by atoms with Gasteiger partial charge in [0.1, 0.15) is 17.5 Å². The molecule has 2 fully saturated rings. The maximum Gasteiger partial charge on any atom is 0.270 e. The number of nitrogens with one attached hydrogen (secondary N) is 3. The molecule has 0 aromatic carbocycles. The number of ether oxygens (including phenoxy) is 1. The Bertz CT molecular complexity index is 687. The highest BCUT2D eigenvalue weighted by atomic mass is 16.5. The van der Waals surface area contributed by atoms with Crippen LogP contribution in [0.15, 0.2) is 12.3 Å². The predicted octanol–water partition coefficient (Wildman–Crippen LogP) is -0.965. The van der Waals surface area contributed by atoms with Crippen LogP contribution in [0.3, 0.4) is 0 Å². The first-order valence-electron chi connectivity index (χ1n) is 8.22. The van der Waals surface area contributed by atoms with Crippen molar-refractivity contribution in [1.29, 1.82) is 0 Å². The van der Waals surface area contributed by atoms with Gasteiger partial charge in [-0.2, -0.15) is 0 Å². The van der Waals surface area contributed by atoms with Crippen molar-refractivity contribution < 1.29 is 19.1 Å². The zero-order chi connectivity index (χ0) is 17.8. The summed E-state index contributed by atoms with van der Waals surface area (Å²) in [6, 6.07) is 0.837. The molecule has 1 unspecified atom stereocenters. The summed E-state index contributed by atoms with van der Waals surface area (Å²) in [6.07, 6.45) is 2.10. The zero-order valence-corrected chi connectivity index (χ0v) is 14.0. The summed E-state index contributed by atoms with van der Waals surface area (Å²) in [6.45, 7) is 3.42. The van der Waals surface area contributed by atoms with E-state index in [4.69, 9.17) is 4.74 Å². The molecule has 0 radical (unpaired) electrons. The second-order valence-electron chi connectivity index (χ2n) is 5.96. The molecule has 0 saturated carbocycles. The molecule has 2 aliphatic heterocycles. The quantitative estimate of drug-likeness (QED) is 0.601. The standard InChI is InChI=1S/C16H21N5O4/c1-25-13-8-11(18-9-12(13)21-6-4-17-5-7-21)16(24)19-10-2-3-14(22)20-15(10)23/h8-10,17H,2-7H2,1H3,(H,19,24)(H,20,22,23). The number of imide groups is 1. The van der Waals surface area contributed by atoms with Crippen LogP contribution in [0.25, 0.3) is 0 Å². The summed E-state index contributed by atoms with van der Waals surface area (Å²) in [7, 11) is 1.54. The lowest BCUT2D eigenvalue weighted by Gasteiger charge is -2.30. The van der Waals surface area contributed by atoms with Gasteiger partial charge in [0.2, 0.25) is 11.8 Å². The van der Waals surface area contributed by atoms with Gasteiger partial charge in [-0.1, -0.05) is 0 Å². The van der Waals surface area contributed by atoms with Crippen LogP contribution < -0.4 is 25.6 Å². The third-order valence-electron chi connectivity index (χ3n) is 4.30. The largest absolute Gasteiger partial charge is 0.494 e. The van der Waals surface area contributed by atoms with E-state index >= 15 is 0 Å². The molecule has 0 spiro atoms. The summed E-state index contributed by atoms with van der Waals surface area (Å²) in [5.41, 5.74) is 1.00. The molecule has 1 aromatic rings. The van der Waals surface area contributed by atoms with Crippen molar-refractivity contribution in [2.24, 2.45) is 0 Å². The second kappa shape index (κ2) is 7.47. The number of hydrogen-bond acceptors (Lipinski definition) is 7. The maximum atomic E-state index is 12.4. The number of nitrogens with zero attached hydrogens (tertiary/aromatic N) is 2. The Morgan fingerprint density at radius 1 is 1.36 bits per heavy atom. The summed E-state index contributed by atoms with van der Waals surface area (Å²) in [5.74, 6) is -0.727. The number of methoxy groups -OCH3 is 1. The SMILES string of the molecule is COc1cc(C(=O)NC2CCC(=O)NC2=O)ncc1N1CCNCC1. The van der Waals surface area contributed by atoms with Crippen molar-refractivity contribution in [2.45, 2.75) is 18.9 Å². The van der Waals surface area contributed by atoms with Crippen molar-refractivity contribution in [1.82, 2.24) is 20.9 Å². The van der Waals surface area contributed by atoms with Gasteiger partial charge in [0.15, 0.2) is 0 Å². The number of carbonyl (C=O) groups is 3. The van der Waals surface area contributed by atoms with Gasteiger partial charge in [0, 0.05) is 38.7 Å². The number of piperidine rings is 1. The Morgan fingerprint density at radius 3 is 2.80 bits per heavy atom. The fourth-order valence-electron chi connectivity index (χ4n) is 2.92. The van der Waals surface area contributed by atoms with E-state index in [2.05, 4.69) is 25.8 Å². The Morgan fingerprint density at radius 2 is 2.12 bits per heavy atom. The molecule has 3 heterocycles. The van der Waals surface area contributed by atoms with E-state index in [1.54, 1.807) is 19.4 Å². The van der Waals surface area contributed by atoms with Crippen LogP contribution in [-0.2, 0) is 9.59 Å². The number of amides is 3. The fourth-order valence-corrected chi connectivity index (χ4v) is 2.92. The minimum Gasteiger partial charge on any atom is -0.494 e. The summed E-state index contributed by atoms with van der Waals surface area (Å²) < 4.78 is 5.41. The minimum absolute atomic E-state index is 0.167. The number of piperazine rings is 1. The van der Waals surface area contributed by atoms with E-state index in [-0.39, 0.29) is 24.4 Å². The van der Waals surface area contributed by atoms with Gasteiger partial charge < -0.3 is 20.3 Å². The number of rotatable bonds is 4. The van der Waals surface area contributed by atoms with E-state index in [1.807, 2.05) is 0 Å². The van der Waals surface area contributed by atoms with Crippen LogP contribution in [-0.4, -0.2) is 62.0 Å². The topological polar surface area (TPSA) is 113 Å². The summed E-state index contributed by atoms with van der Waals surface area (Å²) >= 11 is 0. The third-order valence-corrected chi connectivity index (χ3v) is 4.30. The Balaban J connectivity index is 1.72. The monoisotopic (exact) mass is 347 g/mol. The van der Waals surface area contributed by atoms with Crippen molar-refractivity contribution >= 4 is 23.4 Å². The van der Waals surface area contributed by atoms with Gasteiger partial charge in [-0.05, 0) is 6.42 Å². The Labute approximate surface area is 145 Å². The van der Waals surface area contributed by atoms with Gasteiger partial charge in [0.05, 0.1) is 19.0 Å². The Kier molecular flexibility index (Phi) is 5.13. The van der Waals surface area contributed by atoms with E-state index in [0.29, 0.717) is 5.75 Å². The molecule has 134 valence electrons. The number of carbonyl (C=O) groups excluding carboxylic acids is 3. The second-order valence-corrected chi connectivity index (χ2v) is 5.96. The molecule has 3 amide bonds. The van der Waals surface area contributed by atoms with Crippen LogP contribution in [0.4, 0.5) is 5.69 Å². The van der Waals surface area contributed by atoms with E-state index < -0.39 is 17.9 Å². The lowest BCUT2D eigenvalue weighted by atomic mass is 10.1. The van der Waals surface area contributed by atoms with Crippen molar-refractivity contribution in [2.75, 3.05) is 38.2 Å². The summed E-state index contributed by atoms with van der Waals surface area (Å²) in [5, 5.41) is 8.10. The highest BCUT2D eigenvalue weighted by Gasteiger charge is 2.28. The maximum absolute atomic E-state index is 12.4. The van der Waals surface area contributed by atoms with Crippen LogP contribution in [0.5, 0.6) is 5.75 Å². The van der Waals surface area contributed by atoms with E-state index in [0.717, 1.165) is 31.9 Å². The minimum atomic E-state index is -0.731. The first kappa shape index (κ1) is 17.2. The predicted molar refractivity (Wildman–Crippen MR) is 89.5 cm³/mol. The van der Waals surface area contributed by atoms with Crippen molar-refractivity contribution in [3.8, 4) is 5.75 Å². The number of anilines is 1. The highest BCUT2D eigenvalue weighted by Crippen LogP contribution is 2.28. The molecule has 9 heteroatoms. The summed E-state index contributed by atoms with van der Waals surface area (Å²) in [4.78, 5) is 41.7. The van der Waals surface area contributed by atoms with E-state index in [9.17, 15) is 14.4 Å². The number of hydrogen-bond donors (Lipinski definition) is 3. The zero-order valence-electron chi connectivity index (χ0n) is 14.0. The molecule has 25 heavy (non-hydrogen) atoms. The average Bonchev–Trinajstić information content (AvgIpc) is 2.64. The van der Waals surface area contributed by atoms with E-state index in [1.165, 1.54) is 0 Å². The lowest BCUT2D eigenvalue weighted by molar-refractivity contribution is -0.134. The smallest absolute Gasteiger partial charge is 0.270 e. The average molecular weight is 347 g/mol. The van der Waals surface area contributed by atoms with Crippen LogP contribution in [0.2, 0.25) is 0 Å². The van der Waals surface area contributed by atoms with Gasteiger partial charge in [-0.15, -0.1) is 0 Å². The molecule has 0 bridgehead atoms. The highest BCUT2D eigenvalue weighted by molar-refractivity contribution is 6.03. The number of pyridine rings is 1. The normalized spacial score (nSPS) is 20.8.